The van der Waals surface area contributed by atoms with Crippen LogP contribution in [0.2, 0.25) is 5.02 Å². The lowest BCUT2D eigenvalue weighted by Gasteiger charge is -2.24. The van der Waals surface area contributed by atoms with Crippen molar-refractivity contribution in [1.29, 1.82) is 5.26 Å². The van der Waals surface area contributed by atoms with Crippen molar-refractivity contribution in [2.24, 2.45) is 0 Å². The Balaban J connectivity index is 1.75. The molecule has 1 N–H and O–H groups in total. The molecule has 1 heterocycles. The predicted octanol–water partition coefficient (Wildman–Crippen LogP) is 2.83. The van der Waals surface area contributed by atoms with Crippen LogP contribution in [0, 0.1) is 11.3 Å². The van der Waals surface area contributed by atoms with Gasteiger partial charge in [0.15, 0.2) is 0 Å². The fourth-order valence-corrected chi connectivity index (χ4v) is 3.09. The second kappa shape index (κ2) is 7.37. The van der Waals surface area contributed by atoms with Crippen LogP contribution in [0.25, 0.3) is 0 Å². The molecule has 0 bridgehead atoms. The maximum Gasteiger partial charge on any atom is 0.243 e. The van der Waals surface area contributed by atoms with Gasteiger partial charge in [-0.15, -0.1) is 0 Å². The summed E-state index contributed by atoms with van der Waals surface area (Å²) in [6.45, 7) is 0.350. The maximum atomic E-state index is 12.7. The molecule has 1 atom stereocenters. The fourth-order valence-electron chi connectivity index (χ4n) is 2.97. The van der Waals surface area contributed by atoms with Gasteiger partial charge in [0.25, 0.3) is 0 Å². The summed E-state index contributed by atoms with van der Waals surface area (Å²) in [7, 11) is 0. The summed E-state index contributed by atoms with van der Waals surface area (Å²) in [4.78, 5) is 26.4. The number of halogens is 1. The number of amides is 2. The van der Waals surface area contributed by atoms with Gasteiger partial charge in [0, 0.05) is 23.7 Å². The van der Waals surface area contributed by atoms with Gasteiger partial charge in [0.05, 0.1) is 6.07 Å². The maximum absolute atomic E-state index is 12.7. The van der Waals surface area contributed by atoms with Gasteiger partial charge in [-0.25, -0.2) is 0 Å². The second-order valence-electron chi connectivity index (χ2n) is 5.79. The van der Waals surface area contributed by atoms with Crippen molar-refractivity contribution in [2.75, 3.05) is 4.90 Å². The average molecular weight is 354 g/mol. The second-order valence-corrected chi connectivity index (χ2v) is 6.23. The minimum atomic E-state index is -0.634. The Kier molecular flexibility index (Phi) is 5.01. The zero-order valence-electron chi connectivity index (χ0n) is 13.4. The van der Waals surface area contributed by atoms with E-state index in [2.05, 4.69) is 5.32 Å². The van der Waals surface area contributed by atoms with Crippen LogP contribution in [0.15, 0.2) is 48.5 Å². The Hall–Kier alpha value is -2.84. The van der Waals surface area contributed by atoms with Crippen molar-refractivity contribution in [3.05, 3.63) is 64.7 Å². The quantitative estimate of drug-likeness (QED) is 0.918. The molecule has 2 aromatic rings. The Morgan fingerprint density at radius 2 is 1.92 bits per heavy atom. The summed E-state index contributed by atoms with van der Waals surface area (Å²) in [5, 5.41) is 12.3. The number of hydrogen-bond donors (Lipinski definition) is 1. The van der Waals surface area contributed by atoms with Gasteiger partial charge in [-0.3, -0.25) is 14.5 Å². The molecule has 0 saturated carbocycles. The molecule has 3 rings (SSSR count). The van der Waals surface area contributed by atoms with Crippen molar-refractivity contribution < 1.29 is 9.59 Å². The Labute approximate surface area is 150 Å². The summed E-state index contributed by atoms with van der Waals surface area (Å²) < 4.78 is 0. The van der Waals surface area contributed by atoms with Gasteiger partial charge in [0.2, 0.25) is 11.8 Å². The van der Waals surface area contributed by atoms with E-state index in [0.717, 1.165) is 11.1 Å². The van der Waals surface area contributed by atoms with Crippen LogP contribution in [-0.2, 0) is 22.6 Å². The molecule has 2 amide bonds. The lowest BCUT2D eigenvalue weighted by atomic mass is 10.1. The minimum absolute atomic E-state index is 0.238. The number of nitrogens with one attached hydrogen (secondary N) is 1. The van der Waals surface area contributed by atoms with E-state index in [4.69, 9.17) is 16.9 Å². The molecule has 0 saturated heterocycles. The number of nitriles is 1. The monoisotopic (exact) mass is 353 g/mol. The first-order valence-electron chi connectivity index (χ1n) is 7.89. The number of anilines is 1. The molecule has 0 fully saturated rings. The molecule has 1 aliphatic heterocycles. The first kappa shape index (κ1) is 17.0. The number of para-hydroxylation sites is 1. The Morgan fingerprint density at radius 1 is 1.20 bits per heavy atom. The lowest BCUT2D eigenvalue weighted by molar-refractivity contribution is -0.126. The first-order chi connectivity index (χ1) is 12.1. The third-order valence-electron chi connectivity index (χ3n) is 4.16. The third kappa shape index (κ3) is 3.65. The highest BCUT2D eigenvalue weighted by molar-refractivity contribution is 6.30. The summed E-state index contributed by atoms with van der Waals surface area (Å²) in [6.07, 6.45) is 0.190. The van der Waals surface area contributed by atoms with Crippen molar-refractivity contribution in [2.45, 2.75) is 25.4 Å². The van der Waals surface area contributed by atoms with E-state index in [0.29, 0.717) is 23.7 Å². The predicted molar refractivity (Wildman–Crippen MR) is 94.9 cm³/mol. The number of benzene rings is 2. The van der Waals surface area contributed by atoms with Crippen LogP contribution >= 0.6 is 11.6 Å². The van der Waals surface area contributed by atoms with E-state index in [1.165, 1.54) is 4.90 Å². The molecule has 0 spiro atoms. The van der Waals surface area contributed by atoms with Gasteiger partial charge in [-0.2, -0.15) is 5.26 Å². The fraction of sp³-hybridized carbons (Fsp3) is 0.211. The van der Waals surface area contributed by atoms with E-state index in [-0.39, 0.29) is 18.2 Å². The number of carbonyl (C=O) groups is 2. The Morgan fingerprint density at radius 3 is 2.64 bits per heavy atom. The van der Waals surface area contributed by atoms with Crippen molar-refractivity contribution >= 4 is 29.1 Å². The number of hydrogen-bond acceptors (Lipinski definition) is 3. The largest absolute Gasteiger partial charge is 0.350 e. The normalized spacial score (nSPS) is 15.4. The van der Waals surface area contributed by atoms with Gasteiger partial charge < -0.3 is 5.32 Å². The number of carbonyl (C=O) groups excluding carboxylic acids is 2. The van der Waals surface area contributed by atoms with Gasteiger partial charge in [0.1, 0.15) is 12.5 Å². The third-order valence-corrected chi connectivity index (χ3v) is 4.41. The molecule has 25 heavy (non-hydrogen) atoms. The van der Waals surface area contributed by atoms with Crippen LogP contribution in [0.4, 0.5) is 5.69 Å². The molecular formula is C19H16ClN3O2. The van der Waals surface area contributed by atoms with Crippen LogP contribution in [0.1, 0.15) is 17.5 Å². The van der Waals surface area contributed by atoms with Crippen LogP contribution in [0.3, 0.4) is 0 Å². The lowest BCUT2D eigenvalue weighted by Crippen LogP contribution is -2.47. The highest BCUT2D eigenvalue weighted by atomic mass is 35.5. The first-order valence-corrected chi connectivity index (χ1v) is 8.27. The molecular weight excluding hydrogens is 338 g/mol. The zero-order valence-corrected chi connectivity index (χ0v) is 14.2. The SMILES string of the molecule is N#CCC(=O)N1c2ccccc2CC1C(=O)NCc1ccc(Cl)cc1. The Bertz CT molecular complexity index is 842. The number of nitrogens with zero attached hydrogens (tertiary/aromatic N) is 2. The molecule has 5 nitrogen and oxygen atoms in total. The van der Waals surface area contributed by atoms with E-state index < -0.39 is 6.04 Å². The molecule has 1 unspecified atom stereocenters. The molecule has 0 radical (unpaired) electrons. The smallest absolute Gasteiger partial charge is 0.243 e. The number of rotatable bonds is 4. The van der Waals surface area contributed by atoms with Crippen LogP contribution < -0.4 is 10.2 Å². The van der Waals surface area contributed by atoms with E-state index in [9.17, 15) is 9.59 Å². The van der Waals surface area contributed by atoms with Crippen LogP contribution in [-0.4, -0.2) is 17.9 Å². The molecule has 6 heteroatoms. The highest BCUT2D eigenvalue weighted by Crippen LogP contribution is 2.32. The molecule has 2 aromatic carbocycles. The summed E-state index contributed by atoms with van der Waals surface area (Å²) >= 11 is 5.86. The minimum Gasteiger partial charge on any atom is -0.350 e. The molecule has 1 aliphatic rings. The zero-order chi connectivity index (χ0) is 17.8. The summed E-state index contributed by atoms with van der Waals surface area (Å²) in [5.74, 6) is -0.600. The van der Waals surface area contributed by atoms with E-state index in [1.54, 1.807) is 18.2 Å². The average Bonchev–Trinajstić information content (AvgIpc) is 3.01. The van der Waals surface area contributed by atoms with Gasteiger partial charge in [-0.1, -0.05) is 41.9 Å². The van der Waals surface area contributed by atoms with Gasteiger partial charge >= 0.3 is 0 Å². The van der Waals surface area contributed by atoms with Crippen LogP contribution in [0.5, 0.6) is 0 Å². The molecule has 126 valence electrons. The number of fused-ring (bicyclic) bond motifs is 1. The highest BCUT2D eigenvalue weighted by Gasteiger charge is 2.37. The van der Waals surface area contributed by atoms with Gasteiger partial charge in [-0.05, 0) is 29.3 Å². The molecule has 0 aliphatic carbocycles. The van der Waals surface area contributed by atoms with Crippen molar-refractivity contribution in [3.8, 4) is 6.07 Å². The molecule has 0 aromatic heterocycles. The van der Waals surface area contributed by atoms with Crippen molar-refractivity contribution in [1.82, 2.24) is 5.32 Å². The summed E-state index contributed by atoms with van der Waals surface area (Å²) in [5.41, 5.74) is 2.55. The van der Waals surface area contributed by atoms with E-state index in [1.807, 2.05) is 36.4 Å². The van der Waals surface area contributed by atoms with Crippen molar-refractivity contribution in [3.63, 3.8) is 0 Å². The topological polar surface area (TPSA) is 73.2 Å². The summed E-state index contributed by atoms with van der Waals surface area (Å²) in [6, 6.07) is 15.8. The standard InChI is InChI=1S/C19H16ClN3O2/c20-15-7-5-13(6-8-15)12-22-19(25)17-11-14-3-1-2-4-16(14)23(17)18(24)9-10-21/h1-8,17H,9,11-12H2,(H,22,25). The van der Waals surface area contributed by atoms with E-state index >= 15 is 0 Å².